The molecule has 1 atom stereocenters. The normalized spacial score (nSPS) is 11.7. The number of amides is 1. The minimum Gasteiger partial charge on any atom is -0.443 e. The van der Waals surface area contributed by atoms with E-state index >= 15 is 0 Å². The van der Waals surface area contributed by atoms with E-state index in [0.29, 0.717) is 10.8 Å². The van der Waals surface area contributed by atoms with Crippen molar-refractivity contribution >= 4 is 23.2 Å². The molecule has 0 aliphatic rings. The third-order valence-corrected chi connectivity index (χ3v) is 3.96. The summed E-state index contributed by atoms with van der Waals surface area (Å²) >= 11 is 1.16. The van der Waals surface area contributed by atoms with Gasteiger partial charge < -0.3 is 10.5 Å². The first kappa shape index (κ1) is 16.7. The van der Waals surface area contributed by atoms with Crippen molar-refractivity contribution in [2.45, 2.75) is 6.10 Å². The van der Waals surface area contributed by atoms with Crippen LogP contribution in [0.2, 0.25) is 0 Å². The van der Waals surface area contributed by atoms with Crippen molar-refractivity contribution in [1.29, 1.82) is 0 Å². The van der Waals surface area contributed by atoms with Crippen LogP contribution in [0.15, 0.2) is 48.1 Å². The molecule has 0 bridgehead atoms. The van der Waals surface area contributed by atoms with Gasteiger partial charge in [-0.3, -0.25) is 4.79 Å². The number of hydrogen-bond donors (Lipinski definition) is 1. The summed E-state index contributed by atoms with van der Waals surface area (Å²) in [6.45, 7) is 0. The van der Waals surface area contributed by atoms with Gasteiger partial charge in [-0.2, -0.15) is 0 Å². The molecule has 2 N–H and O–H groups in total. The highest BCUT2D eigenvalue weighted by molar-refractivity contribution is 7.13. The fourth-order valence-electron chi connectivity index (χ4n) is 1.98. The number of halogens is 1. The SMILES string of the molecule is NC(=O)C(OC(=O)c1csc(-c2ncccn2)n1)c1ccc(F)cc1. The number of ether oxygens (including phenoxy) is 1. The molecule has 1 amide bonds. The number of nitrogens with zero attached hydrogens (tertiary/aromatic N) is 3. The van der Waals surface area contributed by atoms with E-state index in [0.717, 1.165) is 23.5 Å². The van der Waals surface area contributed by atoms with Gasteiger partial charge in [0.1, 0.15) is 5.82 Å². The van der Waals surface area contributed by atoms with Crippen molar-refractivity contribution in [3.63, 3.8) is 0 Å². The lowest BCUT2D eigenvalue weighted by atomic mass is 10.1. The molecule has 7 nitrogen and oxygen atoms in total. The molecule has 9 heteroatoms. The number of rotatable bonds is 5. The number of thiazole rings is 1. The monoisotopic (exact) mass is 358 g/mol. The predicted octanol–water partition coefficient (Wildman–Crippen LogP) is 2.12. The number of benzene rings is 1. The fraction of sp³-hybridized carbons (Fsp3) is 0.0625. The van der Waals surface area contributed by atoms with Crippen LogP contribution in [0.5, 0.6) is 0 Å². The van der Waals surface area contributed by atoms with Gasteiger partial charge in [0.2, 0.25) is 6.10 Å². The quantitative estimate of drug-likeness (QED) is 0.700. The first-order valence-corrected chi connectivity index (χ1v) is 7.91. The molecule has 1 aromatic carbocycles. The average Bonchev–Trinajstić information content (AvgIpc) is 3.11. The topological polar surface area (TPSA) is 108 Å². The van der Waals surface area contributed by atoms with Crippen LogP contribution in [0.4, 0.5) is 4.39 Å². The van der Waals surface area contributed by atoms with Gasteiger partial charge in [-0.1, -0.05) is 12.1 Å². The standard InChI is InChI=1S/C16H11FN4O3S/c17-10-4-2-9(3-5-10)12(13(18)22)24-16(23)11-8-25-15(21-11)14-19-6-1-7-20-14/h1-8,12H,(H2,18,22). The fourth-order valence-corrected chi connectivity index (χ4v) is 2.71. The number of hydrogen-bond acceptors (Lipinski definition) is 7. The number of carbonyl (C=O) groups excluding carboxylic acids is 2. The van der Waals surface area contributed by atoms with Crippen molar-refractivity contribution in [3.05, 3.63) is 65.2 Å². The summed E-state index contributed by atoms with van der Waals surface area (Å²) in [4.78, 5) is 36.0. The molecule has 2 aromatic heterocycles. The van der Waals surface area contributed by atoms with Crippen LogP contribution in [-0.2, 0) is 9.53 Å². The molecule has 3 aromatic rings. The maximum Gasteiger partial charge on any atom is 0.358 e. The highest BCUT2D eigenvalue weighted by Crippen LogP contribution is 2.23. The van der Waals surface area contributed by atoms with E-state index in [1.165, 1.54) is 17.5 Å². The molecule has 0 fully saturated rings. The van der Waals surface area contributed by atoms with Gasteiger partial charge in [0.15, 0.2) is 16.5 Å². The van der Waals surface area contributed by atoms with Crippen LogP contribution >= 0.6 is 11.3 Å². The van der Waals surface area contributed by atoms with Crippen molar-refractivity contribution in [2.75, 3.05) is 0 Å². The molecule has 25 heavy (non-hydrogen) atoms. The Labute approximate surface area is 145 Å². The zero-order chi connectivity index (χ0) is 17.8. The summed E-state index contributed by atoms with van der Waals surface area (Å²) in [6, 6.07) is 6.59. The second kappa shape index (κ2) is 7.14. The van der Waals surface area contributed by atoms with Crippen molar-refractivity contribution in [3.8, 4) is 10.8 Å². The molecule has 0 spiro atoms. The van der Waals surface area contributed by atoms with Gasteiger partial charge in [0.05, 0.1) is 0 Å². The van der Waals surface area contributed by atoms with Crippen molar-refractivity contribution < 1.29 is 18.7 Å². The minimum atomic E-state index is -1.34. The highest BCUT2D eigenvalue weighted by atomic mass is 32.1. The minimum absolute atomic E-state index is 0.000754. The Bertz CT molecular complexity index is 899. The lowest BCUT2D eigenvalue weighted by molar-refractivity contribution is -0.127. The van der Waals surface area contributed by atoms with E-state index < -0.39 is 23.8 Å². The summed E-state index contributed by atoms with van der Waals surface area (Å²) < 4.78 is 18.1. The molecule has 0 radical (unpaired) electrons. The number of carbonyl (C=O) groups is 2. The van der Waals surface area contributed by atoms with Gasteiger partial charge >= 0.3 is 5.97 Å². The Balaban J connectivity index is 1.79. The van der Waals surface area contributed by atoms with E-state index in [4.69, 9.17) is 10.5 Å². The Morgan fingerprint density at radius 3 is 2.48 bits per heavy atom. The largest absolute Gasteiger partial charge is 0.443 e. The van der Waals surface area contributed by atoms with E-state index in [-0.39, 0.29) is 11.3 Å². The summed E-state index contributed by atoms with van der Waals surface area (Å²) in [6.07, 6.45) is 1.77. The van der Waals surface area contributed by atoms with Crippen LogP contribution in [-0.4, -0.2) is 26.8 Å². The Kier molecular flexibility index (Phi) is 4.75. The zero-order valence-electron chi connectivity index (χ0n) is 12.6. The molecule has 0 aliphatic heterocycles. The maximum absolute atomic E-state index is 13.0. The highest BCUT2D eigenvalue weighted by Gasteiger charge is 2.25. The van der Waals surface area contributed by atoms with Gasteiger partial charge in [-0.25, -0.2) is 24.1 Å². The molecule has 0 saturated heterocycles. The van der Waals surface area contributed by atoms with E-state index in [2.05, 4.69) is 15.0 Å². The molecule has 126 valence electrons. The van der Waals surface area contributed by atoms with E-state index in [1.807, 2.05) is 0 Å². The smallest absolute Gasteiger partial charge is 0.358 e. The summed E-state index contributed by atoms with van der Waals surface area (Å²) in [5.41, 5.74) is 5.55. The van der Waals surface area contributed by atoms with Crippen LogP contribution in [0.1, 0.15) is 22.2 Å². The number of primary amides is 1. The number of nitrogens with two attached hydrogens (primary N) is 1. The summed E-state index contributed by atoms with van der Waals surface area (Å²) in [7, 11) is 0. The maximum atomic E-state index is 13.0. The molecule has 0 aliphatic carbocycles. The average molecular weight is 358 g/mol. The Morgan fingerprint density at radius 1 is 1.16 bits per heavy atom. The third kappa shape index (κ3) is 3.83. The van der Waals surface area contributed by atoms with Gasteiger partial charge in [0.25, 0.3) is 5.91 Å². The third-order valence-electron chi connectivity index (χ3n) is 3.13. The second-order valence-corrected chi connectivity index (χ2v) is 5.71. The Hall–Kier alpha value is -3.20. The van der Waals surface area contributed by atoms with Crippen LogP contribution < -0.4 is 5.73 Å². The number of esters is 1. The number of aromatic nitrogens is 3. The van der Waals surface area contributed by atoms with Crippen molar-refractivity contribution in [2.24, 2.45) is 5.73 Å². The molecule has 2 heterocycles. The molecule has 0 saturated carbocycles. The predicted molar refractivity (Wildman–Crippen MR) is 86.9 cm³/mol. The summed E-state index contributed by atoms with van der Waals surface area (Å²) in [5.74, 6) is -1.81. The lowest BCUT2D eigenvalue weighted by Crippen LogP contribution is -2.26. The first-order chi connectivity index (χ1) is 12.0. The van der Waals surface area contributed by atoms with Gasteiger partial charge in [0, 0.05) is 23.3 Å². The molecular formula is C16H11FN4O3S. The van der Waals surface area contributed by atoms with E-state index in [1.54, 1.807) is 18.5 Å². The Morgan fingerprint density at radius 2 is 1.84 bits per heavy atom. The van der Waals surface area contributed by atoms with Gasteiger partial charge in [-0.15, -0.1) is 11.3 Å². The van der Waals surface area contributed by atoms with Gasteiger partial charge in [-0.05, 0) is 18.2 Å². The first-order valence-electron chi connectivity index (χ1n) is 7.03. The molecule has 1 unspecified atom stereocenters. The second-order valence-electron chi connectivity index (χ2n) is 4.85. The van der Waals surface area contributed by atoms with E-state index in [9.17, 15) is 14.0 Å². The van der Waals surface area contributed by atoms with Crippen LogP contribution in [0, 0.1) is 5.82 Å². The lowest BCUT2D eigenvalue weighted by Gasteiger charge is -2.14. The van der Waals surface area contributed by atoms with Crippen LogP contribution in [0.25, 0.3) is 10.8 Å². The molecular weight excluding hydrogens is 347 g/mol. The zero-order valence-corrected chi connectivity index (χ0v) is 13.4. The van der Waals surface area contributed by atoms with Crippen LogP contribution in [0.3, 0.4) is 0 Å². The molecule has 3 rings (SSSR count). The summed E-state index contributed by atoms with van der Waals surface area (Å²) in [5, 5.41) is 1.90. The van der Waals surface area contributed by atoms with Crippen molar-refractivity contribution in [1.82, 2.24) is 15.0 Å².